The Labute approximate surface area is 119 Å². The van der Waals surface area contributed by atoms with Gasteiger partial charge in [0.15, 0.2) is 0 Å². The van der Waals surface area contributed by atoms with Crippen molar-refractivity contribution in [2.24, 2.45) is 0 Å². The number of halogens is 1. The van der Waals surface area contributed by atoms with Crippen LogP contribution in [0.2, 0.25) is 5.02 Å². The molecule has 0 spiro atoms. The van der Waals surface area contributed by atoms with Crippen molar-refractivity contribution in [3.8, 4) is 0 Å². The molecule has 4 nitrogen and oxygen atoms in total. The topological polar surface area (TPSA) is 44.7 Å². The van der Waals surface area contributed by atoms with E-state index in [1.165, 1.54) is 5.56 Å². The summed E-state index contributed by atoms with van der Waals surface area (Å²) in [6.45, 7) is 6.03. The first-order valence-corrected chi connectivity index (χ1v) is 7.09. The molecule has 19 heavy (non-hydrogen) atoms. The van der Waals surface area contributed by atoms with Crippen LogP contribution >= 0.6 is 11.6 Å². The van der Waals surface area contributed by atoms with Gasteiger partial charge in [0.2, 0.25) is 0 Å². The number of rotatable bonds is 5. The lowest BCUT2D eigenvalue weighted by Gasteiger charge is -2.34. The molecule has 0 aliphatic carbocycles. The first-order valence-electron chi connectivity index (χ1n) is 6.71. The normalized spacial score (nSPS) is 19.7. The third-order valence-corrected chi connectivity index (χ3v) is 3.58. The molecule has 2 rings (SSSR count). The van der Waals surface area contributed by atoms with Gasteiger partial charge in [0, 0.05) is 19.6 Å². The van der Waals surface area contributed by atoms with E-state index in [9.17, 15) is 5.11 Å². The highest BCUT2D eigenvalue weighted by Gasteiger charge is 2.21. The Balaban J connectivity index is 2.07. The van der Waals surface area contributed by atoms with Gasteiger partial charge in [-0.05, 0) is 24.2 Å². The summed E-state index contributed by atoms with van der Waals surface area (Å²) in [6.07, 6.45) is -0.119. The van der Waals surface area contributed by atoms with Crippen LogP contribution in [0.25, 0.3) is 0 Å². The lowest BCUT2D eigenvalue weighted by Crippen LogP contribution is -2.44. The first-order chi connectivity index (χ1) is 9.24. The molecular weight excluding hydrogens is 264 g/mol. The number of morpholine rings is 1. The van der Waals surface area contributed by atoms with E-state index in [2.05, 4.69) is 29.3 Å². The Morgan fingerprint density at radius 3 is 3.05 bits per heavy atom. The molecule has 2 N–H and O–H groups in total. The SMILES string of the molecule is CCNCc1ccc(N2CCOC(CO)C2)c(Cl)c1. The lowest BCUT2D eigenvalue weighted by atomic mass is 10.1. The molecule has 1 unspecified atom stereocenters. The summed E-state index contributed by atoms with van der Waals surface area (Å²) in [5.74, 6) is 0. The second kappa shape index (κ2) is 7.10. The van der Waals surface area contributed by atoms with Crippen molar-refractivity contribution >= 4 is 17.3 Å². The Morgan fingerprint density at radius 1 is 1.53 bits per heavy atom. The van der Waals surface area contributed by atoms with Crippen molar-refractivity contribution in [3.63, 3.8) is 0 Å². The number of aliphatic hydroxyl groups excluding tert-OH is 1. The van der Waals surface area contributed by atoms with Crippen LogP contribution in [0.15, 0.2) is 18.2 Å². The van der Waals surface area contributed by atoms with Gasteiger partial charge in [0.25, 0.3) is 0 Å². The largest absolute Gasteiger partial charge is 0.394 e. The maximum absolute atomic E-state index is 9.17. The fourth-order valence-electron chi connectivity index (χ4n) is 2.23. The first kappa shape index (κ1) is 14.6. The fraction of sp³-hybridized carbons (Fsp3) is 0.571. The van der Waals surface area contributed by atoms with Crippen molar-refractivity contribution in [3.05, 3.63) is 28.8 Å². The average Bonchev–Trinajstić information content (AvgIpc) is 2.45. The van der Waals surface area contributed by atoms with E-state index in [1.807, 2.05) is 6.07 Å². The molecule has 5 heteroatoms. The molecule has 1 saturated heterocycles. The van der Waals surface area contributed by atoms with Crippen molar-refractivity contribution in [2.45, 2.75) is 19.6 Å². The maximum Gasteiger partial charge on any atom is 0.0980 e. The van der Waals surface area contributed by atoms with Gasteiger partial charge in [0.05, 0.1) is 30.0 Å². The van der Waals surface area contributed by atoms with Crippen LogP contribution in [0, 0.1) is 0 Å². The molecule has 1 aromatic carbocycles. The lowest BCUT2D eigenvalue weighted by molar-refractivity contribution is 0.00357. The number of nitrogens with one attached hydrogen (secondary N) is 1. The standard InChI is InChI=1S/C14H21ClN2O2/c1-2-16-8-11-3-4-14(13(15)7-11)17-5-6-19-12(9-17)10-18/h3-4,7,12,16,18H,2,5-6,8-10H2,1H3. The molecule has 0 bridgehead atoms. The summed E-state index contributed by atoms with van der Waals surface area (Å²) >= 11 is 6.36. The van der Waals surface area contributed by atoms with Crippen molar-refractivity contribution in [2.75, 3.05) is 37.7 Å². The van der Waals surface area contributed by atoms with E-state index in [4.69, 9.17) is 16.3 Å². The minimum atomic E-state index is -0.119. The quantitative estimate of drug-likeness (QED) is 0.863. The second-order valence-corrected chi connectivity index (χ2v) is 5.09. The van der Waals surface area contributed by atoms with E-state index in [0.717, 1.165) is 30.3 Å². The Kier molecular flexibility index (Phi) is 5.45. The predicted molar refractivity (Wildman–Crippen MR) is 77.9 cm³/mol. The van der Waals surface area contributed by atoms with Crippen LogP contribution in [-0.4, -0.2) is 44.1 Å². The number of aliphatic hydroxyl groups is 1. The summed E-state index contributed by atoms with van der Waals surface area (Å²) in [7, 11) is 0. The Bertz CT molecular complexity index is 414. The number of ether oxygens (including phenoxy) is 1. The zero-order valence-corrected chi connectivity index (χ0v) is 12.0. The number of hydrogen-bond acceptors (Lipinski definition) is 4. The summed E-state index contributed by atoms with van der Waals surface area (Å²) in [5, 5.41) is 13.2. The molecule has 0 radical (unpaired) electrons. The Morgan fingerprint density at radius 2 is 2.37 bits per heavy atom. The summed E-state index contributed by atoms with van der Waals surface area (Å²) in [5.41, 5.74) is 2.20. The molecule has 1 heterocycles. The number of hydrogen-bond donors (Lipinski definition) is 2. The van der Waals surface area contributed by atoms with Crippen molar-refractivity contribution in [1.29, 1.82) is 0 Å². The van der Waals surface area contributed by atoms with Crippen LogP contribution in [0.1, 0.15) is 12.5 Å². The highest BCUT2D eigenvalue weighted by Crippen LogP contribution is 2.28. The molecule has 1 atom stereocenters. The maximum atomic E-state index is 9.17. The Hall–Kier alpha value is -0.810. The van der Waals surface area contributed by atoms with E-state index < -0.39 is 0 Å². The molecule has 1 aromatic rings. The molecule has 1 fully saturated rings. The van der Waals surface area contributed by atoms with Crippen LogP contribution in [-0.2, 0) is 11.3 Å². The van der Waals surface area contributed by atoms with Crippen molar-refractivity contribution in [1.82, 2.24) is 5.32 Å². The molecule has 1 aliphatic heterocycles. The van der Waals surface area contributed by atoms with Gasteiger partial charge in [0.1, 0.15) is 0 Å². The predicted octanol–water partition coefficient (Wildman–Crippen LogP) is 1.65. The van der Waals surface area contributed by atoms with Gasteiger partial charge in [-0.2, -0.15) is 0 Å². The number of anilines is 1. The molecule has 1 aliphatic rings. The van der Waals surface area contributed by atoms with Gasteiger partial charge in [-0.1, -0.05) is 24.6 Å². The summed E-state index contributed by atoms with van der Waals surface area (Å²) in [4.78, 5) is 2.17. The zero-order valence-electron chi connectivity index (χ0n) is 11.2. The molecular formula is C14H21ClN2O2. The van der Waals surface area contributed by atoms with Crippen LogP contribution in [0.4, 0.5) is 5.69 Å². The monoisotopic (exact) mass is 284 g/mol. The highest BCUT2D eigenvalue weighted by atomic mass is 35.5. The van der Waals surface area contributed by atoms with Gasteiger partial charge in [-0.25, -0.2) is 0 Å². The van der Waals surface area contributed by atoms with Gasteiger partial charge in [-0.3, -0.25) is 0 Å². The molecule has 0 aromatic heterocycles. The smallest absolute Gasteiger partial charge is 0.0980 e. The molecule has 0 saturated carbocycles. The van der Waals surface area contributed by atoms with Gasteiger partial charge in [-0.15, -0.1) is 0 Å². The average molecular weight is 285 g/mol. The minimum Gasteiger partial charge on any atom is -0.394 e. The summed E-state index contributed by atoms with van der Waals surface area (Å²) in [6, 6.07) is 6.14. The minimum absolute atomic E-state index is 0.0482. The van der Waals surface area contributed by atoms with E-state index >= 15 is 0 Å². The van der Waals surface area contributed by atoms with Crippen LogP contribution < -0.4 is 10.2 Å². The molecule has 106 valence electrons. The third-order valence-electron chi connectivity index (χ3n) is 3.27. The fourth-order valence-corrected chi connectivity index (χ4v) is 2.56. The van der Waals surface area contributed by atoms with Gasteiger partial charge < -0.3 is 20.1 Å². The third kappa shape index (κ3) is 3.83. The van der Waals surface area contributed by atoms with E-state index in [-0.39, 0.29) is 12.7 Å². The second-order valence-electron chi connectivity index (χ2n) is 4.69. The van der Waals surface area contributed by atoms with E-state index in [0.29, 0.717) is 13.2 Å². The molecule has 0 amide bonds. The van der Waals surface area contributed by atoms with Crippen molar-refractivity contribution < 1.29 is 9.84 Å². The van der Waals surface area contributed by atoms with Crippen LogP contribution in [0.3, 0.4) is 0 Å². The zero-order chi connectivity index (χ0) is 13.7. The van der Waals surface area contributed by atoms with E-state index in [1.54, 1.807) is 0 Å². The number of benzene rings is 1. The number of nitrogens with zero attached hydrogens (tertiary/aromatic N) is 1. The van der Waals surface area contributed by atoms with Gasteiger partial charge >= 0.3 is 0 Å². The summed E-state index contributed by atoms with van der Waals surface area (Å²) < 4.78 is 5.45. The highest BCUT2D eigenvalue weighted by molar-refractivity contribution is 6.33. The van der Waals surface area contributed by atoms with Crippen LogP contribution in [0.5, 0.6) is 0 Å².